The predicted molar refractivity (Wildman–Crippen MR) is 107 cm³/mol. The Balaban J connectivity index is 1.49. The Kier molecular flexibility index (Phi) is 6.75. The third kappa shape index (κ3) is 5.16. The normalized spacial score (nSPS) is 15.2. The second-order valence-corrected chi connectivity index (χ2v) is 6.98. The highest BCUT2D eigenvalue weighted by Crippen LogP contribution is 2.16. The number of carbonyl (C=O) groups is 1. The molecule has 1 heterocycles. The van der Waals surface area contributed by atoms with E-state index in [1.807, 2.05) is 31.2 Å². The molecule has 0 radical (unpaired) electrons. The van der Waals surface area contributed by atoms with Crippen LogP contribution in [-0.4, -0.2) is 55.0 Å². The smallest absolute Gasteiger partial charge is 0.241 e. The van der Waals surface area contributed by atoms with Crippen LogP contribution in [0.25, 0.3) is 0 Å². The van der Waals surface area contributed by atoms with Crippen molar-refractivity contribution in [3.05, 3.63) is 65.5 Å². The average Bonchev–Trinajstić information content (AvgIpc) is 2.72. The van der Waals surface area contributed by atoms with E-state index in [-0.39, 0.29) is 11.7 Å². The van der Waals surface area contributed by atoms with Gasteiger partial charge in [0, 0.05) is 45.0 Å². The highest BCUT2D eigenvalue weighted by Gasteiger charge is 2.22. The molecule has 5 nitrogen and oxygen atoms in total. The first-order valence-corrected chi connectivity index (χ1v) is 9.58. The maximum absolute atomic E-state index is 13.1. The molecule has 0 saturated carbocycles. The zero-order chi connectivity index (χ0) is 19.9. The summed E-state index contributed by atoms with van der Waals surface area (Å²) in [5, 5.41) is 8.88. The number of carbonyl (C=O) groups excluding carboxylic acids is 1. The second kappa shape index (κ2) is 9.45. The van der Waals surface area contributed by atoms with Crippen LogP contribution >= 0.6 is 0 Å². The van der Waals surface area contributed by atoms with E-state index >= 15 is 0 Å². The maximum Gasteiger partial charge on any atom is 0.241 e. The molecule has 0 spiro atoms. The predicted octanol–water partition coefficient (Wildman–Crippen LogP) is 2.87. The molecule has 0 N–H and O–H groups in total. The summed E-state index contributed by atoms with van der Waals surface area (Å²) in [7, 11) is 0. The highest BCUT2D eigenvalue weighted by atomic mass is 19.1. The van der Waals surface area contributed by atoms with Crippen molar-refractivity contribution in [2.45, 2.75) is 13.5 Å². The molecule has 146 valence electrons. The summed E-state index contributed by atoms with van der Waals surface area (Å²) in [6, 6.07) is 15.9. The van der Waals surface area contributed by atoms with Crippen molar-refractivity contribution in [3.63, 3.8) is 0 Å². The van der Waals surface area contributed by atoms with Crippen LogP contribution in [-0.2, 0) is 11.3 Å². The first-order chi connectivity index (χ1) is 13.6. The first-order valence-electron chi connectivity index (χ1n) is 9.58. The van der Waals surface area contributed by atoms with Crippen LogP contribution in [0.15, 0.2) is 48.5 Å². The van der Waals surface area contributed by atoms with Gasteiger partial charge in [-0.2, -0.15) is 5.26 Å². The van der Waals surface area contributed by atoms with Crippen LogP contribution in [0.5, 0.6) is 0 Å². The van der Waals surface area contributed by atoms with Gasteiger partial charge >= 0.3 is 0 Å². The number of hydrogen-bond acceptors (Lipinski definition) is 4. The van der Waals surface area contributed by atoms with Gasteiger partial charge in [-0.15, -0.1) is 0 Å². The van der Waals surface area contributed by atoms with E-state index in [9.17, 15) is 9.18 Å². The number of likely N-dealkylation sites (N-methyl/N-ethyl adjacent to an activating group) is 1. The minimum absolute atomic E-state index is 0.0367. The SMILES string of the molecule is CCN(C(=O)CN1CCN(Cc2ccc(C#N)cc2)CC1)c1ccc(F)cc1. The summed E-state index contributed by atoms with van der Waals surface area (Å²) in [5.74, 6) is -0.264. The van der Waals surface area contributed by atoms with Crippen molar-refractivity contribution in [2.75, 3.05) is 44.2 Å². The molecule has 2 aromatic rings. The standard InChI is InChI=1S/C22H25FN4O/c1-2-27(21-9-7-20(23)8-10-21)22(28)17-26-13-11-25(12-14-26)16-19-5-3-18(15-24)4-6-19/h3-10H,2,11-14,16-17H2,1H3. The molecule has 1 aliphatic heterocycles. The number of amides is 1. The van der Waals surface area contributed by atoms with E-state index in [1.54, 1.807) is 17.0 Å². The van der Waals surface area contributed by atoms with Crippen LogP contribution < -0.4 is 4.90 Å². The van der Waals surface area contributed by atoms with Crippen molar-refractivity contribution in [1.29, 1.82) is 5.26 Å². The fourth-order valence-corrected chi connectivity index (χ4v) is 3.45. The second-order valence-electron chi connectivity index (χ2n) is 6.98. The van der Waals surface area contributed by atoms with Gasteiger partial charge in [-0.05, 0) is 48.9 Å². The van der Waals surface area contributed by atoms with Crippen molar-refractivity contribution in [1.82, 2.24) is 9.80 Å². The summed E-state index contributed by atoms with van der Waals surface area (Å²) in [6.07, 6.45) is 0. The highest BCUT2D eigenvalue weighted by molar-refractivity contribution is 5.94. The van der Waals surface area contributed by atoms with Crippen molar-refractivity contribution in [3.8, 4) is 6.07 Å². The molecule has 1 aliphatic rings. The topological polar surface area (TPSA) is 50.6 Å². The molecule has 0 atom stereocenters. The number of rotatable bonds is 6. The van der Waals surface area contributed by atoms with Crippen LogP contribution in [0.3, 0.4) is 0 Å². The molecule has 0 aliphatic carbocycles. The van der Waals surface area contributed by atoms with Crippen molar-refractivity contribution in [2.24, 2.45) is 0 Å². The van der Waals surface area contributed by atoms with E-state index in [1.165, 1.54) is 17.7 Å². The van der Waals surface area contributed by atoms with Crippen molar-refractivity contribution >= 4 is 11.6 Å². The summed E-state index contributed by atoms with van der Waals surface area (Å²) >= 11 is 0. The molecule has 1 saturated heterocycles. The van der Waals surface area contributed by atoms with Gasteiger partial charge in [-0.1, -0.05) is 12.1 Å². The van der Waals surface area contributed by atoms with Crippen LogP contribution in [0.2, 0.25) is 0 Å². The van der Waals surface area contributed by atoms with E-state index in [0.717, 1.165) is 38.4 Å². The lowest BCUT2D eigenvalue weighted by atomic mass is 10.1. The molecular formula is C22H25FN4O. The molecule has 2 aromatic carbocycles. The van der Waals surface area contributed by atoms with Gasteiger partial charge in [0.1, 0.15) is 5.82 Å². The minimum Gasteiger partial charge on any atom is -0.312 e. The third-order valence-corrected chi connectivity index (χ3v) is 5.07. The number of nitriles is 1. The zero-order valence-corrected chi connectivity index (χ0v) is 16.1. The zero-order valence-electron chi connectivity index (χ0n) is 16.1. The van der Waals surface area contributed by atoms with E-state index in [4.69, 9.17) is 5.26 Å². The van der Waals surface area contributed by atoms with Crippen molar-refractivity contribution < 1.29 is 9.18 Å². The lowest BCUT2D eigenvalue weighted by molar-refractivity contribution is -0.120. The molecule has 0 unspecified atom stereocenters. The first kappa shape index (κ1) is 20.0. The lowest BCUT2D eigenvalue weighted by Crippen LogP contribution is -2.49. The Bertz CT molecular complexity index is 821. The number of anilines is 1. The monoisotopic (exact) mass is 380 g/mol. The number of halogens is 1. The van der Waals surface area contributed by atoms with Crippen LogP contribution in [0.1, 0.15) is 18.1 Å². The minimum atomic E-state index is -0.300. The Morgan fingerprint density at radius 2 is 1.64 bits per heavy atom. The number of nitrogens with zero attached hydrogens (tertiary/aromatic N) is 4. The molecule has 6 heteroatoms. The fraction of sp³-hybridized carbons (Fsp3) is 0.364. The summed E-state index contributed by atoms with van der Waals surface area (Å²) in [4.78, 5) is 18.9. The Hall–Kier alpha value is -2.75. The fourth-order valence-electron chi connectivity index (χ4n) is 3.45. The Morgan fingerprint density at radius 3 is 2.21 bits per heavy atom. The summed E-state index contributed by atoms with van der Waals surface area (Å²) in [5.41, 5.74) is 2.60. The van der Waals surface area contributed by atoms with Gasteiger partial charge in [0.25, 0.3) is 0 Å². The maximum atomic E-state index is 13.1. The van der Waals surface area contributed by atoms with Gasteiger partial charge in [0.05, 0.1) is 18.2 Å². The van der Waals surface area contributed by atoms with E-state index < -0.39 is 0 Å². The Morgan fingerprint density at radius 1 is 1.04 bits per heavy atom. The number of benzene rings is 2. The summed E-state index contributed by atoms with van der Waals surface area (Å²) < 4.78 is 13.1. The Labute approximate surface area is 165 Å². The van der Waals surface area contributed by atoms with Gasteiger partial charge in [-0.25, -0.2) is 4.39 Å². The van der Waals surface area contributed by atoms with E-state index in [0.29, 0.717) is 18.7 Å². The van der Waals surface area contributed by atoms with Crippen LogP contribution in [0, 0.1) is 17.1 Å². The van der Waals surface area contributed by atoms with Crippen LogP contribution in [0.4, 0.5) is 10.1 Å². The van der Waals surface area contributed by atoms with Gasteiger partial charge in [0.2, 0.25) is 5.91 Å². The molecule has 28 heavy (non-hydrogen) atoms. The lowest BCUT2D eigenvalue weighted by Gasteiger charge is -2.35. The molecule has 0 bridgehead atoms. The van der Waals surface area contributed by atoms with E-state index in [2.05, 4.69) is 15.9 Å². The molecule has 0 aromatic heterocycles. The average molecular weight is 380 g/mol. The van der Waals surface area contributed by atoms with Gasteiger partial charge in [0.15, 0.2) is 0 Å². The molecular weight excluding hydrogens is 355 g/mol. The van der Waals surface area contributed by atoms with Gasteiger partial charge < -0.3 is 4.90 Å². The quantitative estimate of drug-likeness (QED) is 0.773. The number of piperazine rings is 1. The van der Waals surface area contributed by atoms with Gasteiger partial charge in [-0.3, -0.25) is 14.6 Å². The summed E-state index contributed by atoms with van der Waals surface area (Å²) in [6.45, 7) is 7.18. The molecule has 1 fully saturated rings. The molecule has 1 amide bonds. The molecule has 3 rings (SSSR count). The largest absolute Gasteiger partial charge is 0.312 e. The number of hydrogen-bond donors (Lipinski definition) is 0. The third-order valence-electron chi connectivity index (χ3n) is 5.07.